The predicted molar refractivity (Wildman–Crippen MR) is 211 cm³/mol. The number of ketones is 1. The third-order valence-corrected chi connectivity index (χ3v) is 10.0. The van der Waals surface area contributed by atoms with E-state index < -0.39 is 5.54 Å². The first kappa shape index (κ1) is 47.0. The number of hydrogen-bond donors (Lipinski definition) is 3. The van der Waals surface area contributed by atoms with Crippen molar-refractivity contribution in [2.75, 3.05) is 26.2 Å². The van der Waals surface area contributed by atoms with Crippen LogP contribution in [0.25, 0.3) is 0 Å². The van der Waals surface area contributed by atoms with Gasteiger partial charge in [0.25, 0.3) is 0 Å². The SMILES string of the molecule is CCCCCCCCCCCCCCN(CCCCCCCCCCCCCC)C(=O)CNC(C)(C)C(=O)C(CCCCN)NC(C)C. The van der Waals surface area contributed by atoms with Crippen LogP contribution in [0.4, 0.5) is 0 Å². The van der Waals surface area contributed by atoms with Crippen molar-refractivity contribution in [2.45, 2.75) is 233 Å². The monoisotopic (exact) mass is 679 g/mol. The van der Waals surface area contributed by atoms with Crippen LogP contribution in [0.1, 0.15) is 215 Å². The summed E-state index contributed by atoms with van der Waals surface area (Å²) in [6, 6.07) is -0.0109. The summed E-state index contributed by atoms with van der Waals surface area (Å²) in [6.45, 7) is 15.1. The average molecular weight is 679 g/mol. The van der Waals surface area contributed by atoms with Crippen molar-refractivity contribution in [1.82, 2.24) is 15.5 Å². The van der Waals surface area contributed by atoms with Gasteiger partial charge in [0.1, 0.15) is 0 Å². The number of nitrogens with two attached hydrogens (primary N) is 1. The normalized spacial score (nSPS) is 12.6. The number of carbonyl (C=O) groups is 2. The Morgan fingerprint density at radius 2 is 0.958 bits per heavy atom. The van der Waals surface area contributed by atoms with Gasteiger partial charge in [0.15, 0.2) is 5.78 Å². The van der Waals surface area contributed by atoms with Crippen LogP contribution in [0.3, 0.4) is 0 Å². The fourth-order valence-corrected chi connectivity index (χ4v) is 6.76. The van der Waals surface area contributed by atoms with Gasteiger partial charge in [0.05, 0.1) is 18.1 Å². The maximum absolute atomic E-state index is 13.6. The van der Waals surface area contributed by atoms with Crippen LogP contribution in [0.5, 0.6) is 0 Å². The van der Waals surface area contributed by atoms with E-state index in [0.717, 1.165) is 45.2 Å². The second-order valence-electron chi connectivity index (χ2n) is 15.7. The minimum atomic E-state index is -0.775. The number of nitrogens with zero attached hydrogens (tertiary/aromatic N) is 1. The van der Waals surface area contributed by atoms with Crippen LogP contribution in [0, 0.1) is 0 Å². The minimum Gasteiger partial charge on any atom is -0.342 e. The zero-order valence-corrected chi connectivity index (χ0v) is 33.4. The molecule has 0 heterocycles. The second kappa shape index (κ2) is 33.2. The summed E-state index contributed by atoms with van der Waals surface area (Å²) in [5.74, 6) is 0.271. The number of Topliss-reactive ketones (excluding diaryl/α,β-unsaturated/α-hetero) is 1. The largest absolute Gasteiger partial charge is 0.342 e. The van der Waals surface area contributed by atoms with Crippen molar-refractivity contribution in [1.29, 1.82) is 0 Å². The first-order valence-corrected chi connectivity index (χ1v) is 21.2. The van der Waals surface area contributed by atoms with E-state index in [-0.39, 0.29) is 30.3 Å². The molecule has 0 aromatic rings. The molecule has 1 amide bonds. The quantitative estimate of drug-likeness (QED) is 0.0569. The molecule has 1 unspecified atom stereocenters. The third-order valence-electron chi connectivity index (χ3n) is 10.0. The molecule has 0 aromatic heterocycles. The van der Waals surface area contributed by atoms with Gasteiger partial charge >= 0.3 is 0 Å². The Labute approximate surface area is 300 Å². The Morgan fingerprint density at radius 1 is 0.583 bits per heavy atom. The molecule has 0 spiro atoms. The Bertz CT molecular complexity index is 698. The van der Waals surface area contributed by atoms with Gasteiger partial charge in [-0.1, -0.05) is 175 Å². The molecule has 0 aliphatic rings. The van der Waals surface area contributed by atoms with E-state index in [1.165, 1.54) is 141 Å². The Morgan fingerprint density at radius 3 is 1.31 bits per heavy atom. The maximum Gasteiger partial charge on any atom is 0.236 e. The van der Waals surface area contributed by atoms with E-state index in [1.54, 1.807) is 0 Å². The lowest BCUT2D eigenvalue weighted by atomic mass is 9.90. The van der Waals surface area contributed by atoms with E-state index in [4.69, 9.17) is 5.73 Å². The van der Waals surface area contributed by atoms with Gasteiger partial charge in [-0.2, -0.15) is 0 Å². The first-order valence-electron chi connectivity index (χ1n) is 21.2. The van der Waals surface area contributed by atoms with E-state index in [2.05, 4.69) is 43.2 Å². The van der Waals surface area contributed by atoms with E-state index >= 15 is 0 Å². The minimum absolute atomic E-state index is 0.134. The summed E-state index contributed by atoms with van der Waals surface area (Å²) in [4.78, 5) is 29.2. The highest BCUT2D eigenvalue weighted by atomic mass is 16.2. The van der Waals surface area contributed by atoms with Crippen molar-refractivity contribution in [2.24, 2.45) is 5.73 Å². The third kappa shape index (κ3) is 27.8. The average Bonchev–Trinajstić information content (AvgIpc) is 3.06. The molecule has 0 radical (unpaired) electrons. The molecule has 4 N–H and O–H groups in total. The molecule has 286 valence electrons. The van der Waals surface area contributed by atoms with Crippen molar-refractivity contribution < 1.29 is 9.59 Å². The van der Waals surface area contributed by atoms with Gasteiger partial charge < -0.3 is 16.0 Å². The lowest BCUT2D eigenvalue weighted by Gasteiger charge is -2.32. The zero-order chi connectivity index (χ0) is 35.7. The molecule has 0 rings (SSSR count). The molecule has 1 atom stereocenters. The van der Waals surface area contributed by atoms with Crippen LogP contribution in [0.2, 0.25) is 0 Å². The molecule has 0 aromatic carbocycles. The van der Waals surface area contributed by atoms with Crippen LogP contribution in [-0.4, -0.2) is 60.4 Å². The van der Waals surface area contributed by atoms with Crippen molar-refractivity contribution >= 4 is 11.7 Å². The number of amides is 1. The van der Waals surface area contributed by atoms with Gasteiger partial charge in [0, 0.05) is 19.1 Å². The highest BCUT2D eigenvalue weighted by Gasteiger charge is 2.34. The van der Waals surface area contributed by atoms with Gasteiger partial charge in [-0.3, -0.25) is 14.9 Å². The highest BCUT2D eigenvalue weighted by molar-refractivity contribution is 5.93. The lowest BCUT2D eigenvalue weighted by molar-refractivity contribution is -0.132. The number of rotatable bonds is 37. The molecule has 6 heteroatoms. The summed E-state index contributed by atoms with van der Waals surface area (Å²) in [5, 5.41) is 6.83. The number of carbonyl (C=O) groups excluding carboxylic acids is 2. The van der Waals surface area contributed by atoms with Crippen molar-refractivity contribution in [3.63, 3.8) is 0 Å². The molecule has 0 aliphatic heterocycles. The van der Waals surface area contributed by atoms with E-state index in [0.29, 0.717) is 6.54 Å². The molecule has 0 saturated heterocycles. The van der Waals surface area contributed by atoms with Gasteiger partial charge in [-0.25, -0.2) is 0 Å². The standard InChI is InChI=1S/C42H86N4O2/c1-7-9-11-13-15-17-19-21-23-25-27-31-35-46(36-32-28-26-24-22-20-18-16-14-12-10-8-2)40(47)37-44-42(5,6)41(48)39(45-38(3)4)33-29-30-34-43/h38-39,44-45H,7-37,43H2,1-6H3. The summed E-state index contributed by atoms with van der Waals surface area (Å²) in [5.41, 5.74) is 4.94. The fourth-order valence-electron chi connectivity index (χ4n) is 6.76. The topological polar surface area (TPSA) is 87.5 Å². The molecule has 48 heavy (non-hydrogen) atoms. The van der Waals surface area contributed by atoms with Gasteiger partial charge in [-0.05, 0) is 46.1 Å². The number of hydrogen-bond acceptors (Lipinski definition) is 5. The van der Waals surface area contributed by atoms with Crippen LogP contribution < -0.4 is 16.4 Å². The Kier molecular flexibility index (Phi) is 32.5. The van der Waals surface area contributed by atoms with Crippen LogP contribution in [-0.2, 0) is 9.59 Å². The maximum atomic E-state index is 13.6. The summed E-state index contributed by atoms with van der Waals surface area (Å²) in [7, 11) is 0. The molecule has 6 nitrogen and oxygen atoms in total. The lowest BCUT2D eigenvalue weighted by Crippen LogP contribution is -2.57. The van der Waals surface area contributed by atoms with Crippen LogP contribution in [0.15, 0.2) is 0 Å². The van der Waals surface area contributed by atoms with E-state index in [9.17, 15) is 9.59 Å². The second-order valence-corrected chi connectivity index (χ2v) is 15.7. The molecular weight excluding hydrogens is 592 g/mol. The first-order chi connectivity index (χ1) is 23.2. The smallest absolute Gasteiger partial charge is 0.236 e. The summed E-state index contributed by atoms with van der Waals surface area (Å²) < 4.78 is 0. The number of nitrogens with one attached hydrogen (secondary N) is 2. The molecular formula is C42H86N4O2. The van der Waals surface area contributed by atoms with Crippen LogP contribution >= 0.6 is 0 Å². The van der Waals surface area contributed by atoms with Gasteiger partial charge in [-0.15, -0.1) is 0 Å². The van der Waals surface area contributed by atoms with E-state index in [1.807, 2.05) is 13.8 Å². The molecule has 0 fully saturated rings. The summed E-state index contributed by atoms with van der Waals surface area (Å²) in [6.07, 6.45) is 34.4. The van der Waals surface area contributed by atoms with Gasteiger partial charge in [0.2, 0.25) is 5.91 Å². The van der Waals surface area contributed by atoms with Crippen molar-refractivity contribution in [3.05, 3.63) is 0 Å². The highest BCUT2D eigenvalue weighted by Crippen LogP contribution is 2.16. The van der Waals surface area contributed by atoms with Crippen molar-refractivity contribution in [3.8, 4) is 0 Å². The number of unbranched alkanes of at least 4 members (excludes halogenated alkanes) is 23. The Hall–Kier alpha value is -0.980. The molecule has 0 saturated carbocycles. The summed E-state index contributed by atoms with van der Waals surface area (Å²) >= 11 is 0. The molecule has 0 bridgehead atoms. The molecule has 0 aliphatic carbocycles. The zero-order valence-electron chi connectivity index (χ0n) is 33.4. The predicted octanol–water partition coefficient (Wildman–Crippen LogP) is 10.7. The fraction of sp³-hybridized carbons (Fsp3) is 0.952. The Balaban J connectivity index is 4.74.